The molecule has 0 unspecified atom stereocenters. The predicted molar refractivity (Wildman–Crippen MR) is 110 cm³/mol. The Labute approximate surface area is 163 Å². The minimum atomic E-state index is 0. The van der Waals surface area contributed by atoms with E-state index in [1.54, 1.807) is 0 Å². The number of hydrogen-bond donors (Lipinski definition) is 2. The van der Waals surface area contributed by atoms with Gasteiger partial charge in [-0.1, -0.05) is 18.2 Å². The molecule has 1 fully saturated rings. The van der Waals surface area contributed by atoms with Gasteiger partial charge in [-0.15, -0.1) is 0 Å². The van der Waals surface area contributed by atoms with E-state index in [1.165, 1.54) is 6.33 Å². The first-order valence-electron chi connectivity index (χ1n) is 9.26. The summed E-state index contributed by atoms with van der Waals surface area (Å²) in [5.74, 6) is 1.98. The summed E-state index contributed by atoms with van der Waals surface area (Å²) in [4.78, 5) is 8.60. The summed E-state index contributed by atoms with van der Waals surface area (Å²) >= 11 is 0. The zero-order chi connectivity index (χ0) is 19.1. The quantitative estimate of drug-likeness (QED) is 0.563. The Balaban J connectivity index is 0.00000205. The summed E-state index contributed by atoms with van der Waals surface area (Å²) in [7, 11) is 0. The van der Waals surface area contributed by atoms with Gasteiger partial charge in [-0.2, -0.15) is 5.10 Å². The molecule has 0 aliphatic heterocycles. The Hall–Kier alpha value is -3.45. The Morgan fingerprint density at radius 2 is 1.68 bits per heavy atom. The van der Waals surface area contributed by atoms with Gasteiger partial charge in [0.05, 0.1) is 11.4 Å². The van der Waals surface area contributed by atoms with Crippen LogP contribution in [-0.2, 0) is 0 Å². The number of anilines is 1. The largest absolute Gasteiger partial charge is 0.457 e. The van der Waals surface area contributed by atoms with Gasteiger partial charge in [0.25, 0.3) is 0 Å². The molecule has 5 rings (SSSR count). The Morgan fingerprint density at radius 1 is 0.964 bits per heavy atom. The minimum Gasteiger partial charge on any atom is -0.457 e. The highest BCUT2D eigenvalue weighted by molar-refractivity contribution is 5.98. The molecule has 0 radical (unpaired) electrons. The van der Waals surface area contributed by atoms with Crippen molar-refractivity contribution in [2.75, 3.05) is 5.73 Å². The van der Waals surface area contributed by atoms with Gasteiger partial charge in [0.1, 0.15) is 29.3 Å². The van der Waals surface area contributed by atoms with Gasteiger partial charge in [-0.25, -0.2) is 14.6 Å². The van der Waals surface area contributed by atoms with E-state index in [2.05, 4.69) is 9.97 Å². The number of nitrogens with zero attached hydrogens (tertiary/aromatic N) is 4. The summed E-state index contributed by atoms with van der Waals surface area (Å²) in [6, 6.07) is 18.0. The van der Waals surface area contributed by atoms with Crippen LogP contribution >= 0.6 is 0 Å². The van der Waals surface area contributed by atoms with E-state index < -0.39 is 0 Å². The van der Waals surface area contributed by atoms with Crippen LogP contribution in [0.15, 0.2) is 60.9 Å². The molecule has 7 nitrogen and oxygen atoms in total. The SMILES string of the molecule is Nc1ncnc2c1c(-c1ccc(Oc3ccccc3)cc1)nn2C1CC(N)C1.[HH]. The zero-order valence-electron chi connectivity index (χ0n) is 15.2. The highest BCUT2D eigenvalue weighted by Crippen LogP contribution is 2.37. The number of nitrogen functional groups attached to an aromatic ring is 1. The first kappa shape index (κ1) is 16.7. The van der Waals surface area contributed by atoms with Crippen molar-refractivity contribution in [2.24, 2.45) is 5.73 Å². The molecule has 1 saturated carbocycles. The molecular weight excluding hydrogens is 352 g/mol. The molecule has 1 aliphatic carbocycles. The van der Waals surface area contributed by atoms with Gasteiger partial charge >= 0.3 is 0 Å². The second-order valence-electron chi connectivity index (χ2n) is 7.08. The number of fused-ring (bicyclic) bond motifs is 1. The molecule has 142 valence electrons. The maximum Gasteiger partial charge on any atom is 0.164 e. The van der Waals surface area contributed by atoms with Crippen molar-refractivity contribution in [1.82, 2.24) is 19.7 Å². The normalized spacial score (nSPS) is 18.8. The van der Waals surface area contributed by atoms with E-state index >= 15 is 0 Å². The maximum atomic E-state index is 6.17. The van der Waals surface area contributed by atoms with Gasteiger partial charge in [-0.05, 0) is 49.2 Å². The number of rotatable bonds is 4. The summed E-state index contributed by atoms with van der Waals surface area (Å²) in [6.07, 6.45) is 3.27. The third kappa shape index (κ3) is 2.86. The maximum absolute atomic E-state index is 6.17. The van der Waals surface area contributed by atoms with Crippen LogP contribution in [0.2, 0.25) is 0 Å². The van der Waals surface area contributed by atoms with Crippen LogP contribution in [0.5, 0.6) is 11.5 Å². The molecule has 0 bridgehead atoms. The summed E-state index contributed by atoms with van der Waals surface area (Å²) in [5, 5.41) is 5.61. The summed E-state index contributed by atoms with van der Waals surface area (Å²) in [6.45, 7) is 0. The van der Waals surface area contributed by atoms with E-state index in [0.29, 0.717) is 5.82 Å². The van der Waals surface area contributed by atoms with Crippen molar-refractivity contribution >= 4 is 16.9 Å². The fraction of sp³-hybridized carbons (Fsp3) is 0.190. The topological polar surface area (TPSA) is 105 Å². The lowest BCUT2D eigenvalue weighted by atomic mass is 9.88. The fourth-order valence-electron chi connectivity index (χ4n) is 3.59. The van der Waals surface area contributed by atoms with Gasteiger partial charge in [-0.3, -0.25) is 0 Å². The number of hydrogen-bond acceptors (Lipinski definition) is 6. The average Bonchev–Trinajstić information content (AvgIpc) is 3.07. The van der Waals surface area contributed by atoms with Crippen LogP contribution < -0.4 is 16.2 Å². The molecule has 1 aliphatic rings. The Kier molecular flexibility index (Phi) is 3.95. The van der Waals surface area contributed by atoms with Crippen molar-refractivity contribution in [2.45, 2.75) is 24.9 Å². The number of ether oxygens (including phenoxy) is 1. The van der Waals surface area contributed by atoms with Crippen LogP contribution in [0.25, 0.3) is 22.3 Å². The van der Waals surface area contributed by atoms with Crippen molar-refractivity contribution < 1.29 is 6.16 Å². The third-order valence-electron chi connectivity index (χ3n) is 5.12. The molecule has 0 spiro atoms. The molecule has 2 aromatic heterocycles. The number of para-hydroxylation sites is 1. The molecule has 4 N–H and O–H groups in total. The molecule has 7 heteroatoms. The number of nitrogens with two attached hydrogens (primary N) is 2. The summed E-state index contributed by atoms with van der Waals surface area (Å²) in [5.41, 5.74) is 14.6. The standard InChI is InChI=1S/C21H20N6O.H2/c22-14-10-15(11-14)27-21-18(20(23)24-12-25-21)19(26-27)13-6-8-17(9-7-13)28-16-4-2-1-3-5-16;/h1-9,12,14-15H,10-11,22H2,(H2,23,24,25);1H. The van der Waals surface area contributed by atoms with E-state index in [4.69, 9.17) is 21.3 Å². The van der Waals surface area contributed by atoms with Gasteiger partial charge in [0, 0.05) is 13.0 Å². The Morgan fingerprint density at radius 3 is 2.39 bits per heavy atom. The van der Waals surface area contributed by atoms with Crippen molar-refractivity contribution in [3.05, 3.63) is 60.9 Å². The summed E-state index contributed by atoms with van der Waals surface area (Å²) < 4.78 is 7.82. The minimum absolute atomic E-state index is 0. The van der Waals surface area contributed by atoms with Crippen LogP contribution in [0.1, 0.15) is 20.3 Å². The first-order valence-corrected chi connectivity index (χ1v) is 9.26. The van der Waals surface area contributed by atoms with Crippen LogP contribution in [0.3, 0.4) is 0 Å². The predicted octanol–water partition coefficient (Wildman–Crippen LogP) is 3.78. The lowest BCUT2D eigenvalue weighted by Gasteiger charge is -2.32. The van der Waals surface area contributed by atoms with Gasteiger partial charge < -0.3 is 16.2 Å². The molecule has 2 aromatic carbocycles. The van der Waals surface area contributed by atoms with E-state index in [9.17, 15) is 0 Å². The lowest BCUT2D eigenvalue weighted by molar-refractivity contribution is 0.253. The van der Waals surface area contributed by atoms with Crippen LogP contribution in [-0.4, -0.2) is 25.8 Å². The molecule has 0 amide bonds. The second kappa shape index (κ2) is 6.61. The van der Waals surface area contributed by atoms with E-state index in [1.807, 2.05) is 59.3 Å². The zero-order valence-corrected chi connectivity index (χ0v) is 15.2. The smallest absolute Gasteiger partial charge is 0.164 e. The average molecular weight is 374 g/mol. The third-order valence-corrected chi connectivity index (χ3v) is 5.12. The molecule has 2 heterocycles. The highest BCUT2D eigenvalue weighted by atomic mass is 16.5. The van der Waals surface area contributed by atoms with Crippen molar-refractivity contribution in [3.63, 3.8) is 0 Å². The Bertz CT molecular complexity index is 1120. The first-order chi connectivity index (χ1) is 13.7. The lowest BCUT2D eigenvalue weighted by Crippen LogP contribution is -2.38. The monoisotopic (exact) mass is 374 g/mol. The van der Waals surface area contributed by atoms with Gasteiger partial charge in [0.2, 0.25) is 0 Å². The fourth-order valence-corrected chi connectivity index (χ4v) is 3.59. The molecular formula is C21H22N6O. The van der Waals surface area contributed by atoms with Crippen molar-refractivity contribution in [3.8, 4) is 22.8 Å². The highest BCUT2D eigenvalue weighted by Gasteiger charge is 2.31. The number of aromatic nitrogens is 4. The van der Waals surface area contributed by atoms with E-state index in [-0.39, 0.29) is 13.5 Å². The molecule has 0 atom stereocenters. The second-order valence-corrected chi connectivity index (χ2v) is 7.08. The van der Waals surface area contributed by atoms with E-state index in [0.717, 1.165) is 46.6 Å². The van der Waals surface area contributed by atoms with Crippen molar-refractivity contribution in [1.29, 1.82) is 0 Å². The molecule has 4 aromatic rings. The van der Waals surface area contributed by atoms with Gasteiger partial charge in [0.15, 0.2) is 5.65 Å². The molecule has 0 saturated heterocycles. The van der Waals surface area contributed by atoms with Crippen LogP contribution in [0.4, 0.5) is 5.82 Å². The molecule has 28 heavy (non-hydrogen) atoms. The number of benzene rings is 2. The van der Waals surface area contributed by atoms with Crippen LogP contribution in [0, 0.1) is 0 Å².